The van der Waals surface area contributed by atoms with E-state index in [0.29, 0.717) is 37.2 Å². The molecule has 11 heteroatoms. The molecule has 0 radical (unpaired) electrons. The van der Waals surface area contributed by atoms with Crippen LogP contribution in [-0.4, -0.2) is 74.6 Å². The van der Waals surface area contributed by atoms with E-state index in [9.17, 15) is 4.79 Å². The lowest BCUT2D eigenvalue weighted by molar-refractivity contribution is -0.152. The molecule has 4 aromatic rings. The Balaban J connectivity index is 1.48. The number of thioether (sulfide) groups is 1. The Morgan fingerprint density at radius 3 is 1.89 bits per heavy atom. The fraction of sp³-hybridized carbons (Fsp3) is 0.509. The van der Waals surface area contributed by atoms with Gasteiger partial charge in [-0.15, -0.1) is 11.8 Å². The zero-order valence-corrected chi connectivity index (χ0v) is 46.6. The highest BCUT2D eigenvalue weighted by Crippen LogP contribution is 2.45. The van der Waals surface area contributed by atoms with Crippen molar-refractivity contribution in [3.05, 3.63) is 132 Å². The second kappa shape index (κ2) is 22.4. The Labute approximate surface area is 406 Å². The normalized spacial score (nSPS) is 18.5. The second-order valence-corrected chi connectivity index (χ2v) is 38.0. The maximum atomic E-state index is 13.9. The maximum Gasteiger partial charge on any atom is 0.338 e. The van der Waals surface area contributed by atoms with Crippen molar-refractivity contribution in [3.63, 3.8) is 0 Å². The molecule has 7 nitrogen and oxygen atoms in total. The summed E-state index contributed by atoms with van der Waals surface area (Å²) >= 11 is 1.74. The predicted molar refractivity (Wildman–Crippen MR) is 284 cm³/mol. The lowest BCUT2D eigenvalue weighted by Gasteiger charge is -2.44. The average molecular weight is 970 g/mol. The number of hydrogen-bond acceptors (Lipinski definition) is 8. The van der Waals surface area contributed by atoms with Crippen LogP contribution in [0.5, 0.6) is 5.75 Å². The molecule has 2 unspecified atom stereocenters. The summed E-state index contributed by atoms with van der Waals surface area (Å²) in [6.45, 7) is 31.9. The van der Waals surface area contributed by atoms with Gasteiger partial charge in [0.1, 0.15) is 11.9 Å². The second-order valence-electron chi connectivity index (χ2n) is 22.1. The van der Waals surface area contributed by atoms with Crippen molar-refractivity contribution in [1.82, 2.24) is 0 Å². The summed E-state index contributed by atoms with van der Waals surface area (Å²) in [7, 11) is -4.82. The van der Waals surface area contributed by atoms with E-state index in [2.05, 4.69) is 178 Å². The van der Waals surface area contributed by atoms with Crippen molar-refractivity contribution in [2.75, 3.05) is 13.7 Å². The van der Waals surface area contributed by atoms with Gasteiger partial charge in [-0.05, 0) is 116 Å². The monoisotopic (exact) mass is 968 g/mol. The van der Waals surface area contributed by atoms with Crippen molar-refractivity contribution >= 4 is 52.8 Å². The van der Waals surface area contributed by atoms with E-state index < -0.39 is 30.5 Å². The van der Waals surface area contributed by atoms with Crippen LogP contribution in [0.25, 0.3) is 0 Å². The number of hydrogen-bond donors (Lipinski definition) is 0. The lowest BCUT2D eigenvalue weighted by Crippen LogP contribution is -2.67. The van der Waals surface area contributed by atoms with Gasteiger partial charge >= 0.3 is 5.97 Å². The first-order chi connectivity index (χ1) is 30.9. The summed E-state index contributed by atoms with van der Waals surface area (Å²) < 4.78 is 40.3. The third-order valence-electron chi connectivity index (χ3n) is 13.0. The predicted octanol–water partition coefficient (Wildman–Crippen LogP) is 13.6. The van der Waals surface area contributed by atoms with Crippen LogP contribution in [0.3, 0.4) is 0 Å². The molecule has 1 saturated heterocycles. The van der Waals surface area contributed by atoms with Crippen LogP contribution in [0.1, 0.15) is 103 Å². The summed E-state index contributed by atoms with van der Waals surface area (Å²) in [6.07, 6.45) is 5.42. The van der Waals surface area contributed by atoms with E-state index in [1.54, 1.807) is 18.9 Å². The molecule has 0 amide bonds. The molecule has 0 spiro atoms. The third kappa shape index (κ3) is 14.2. The van der Waals surface area contributed by atoms with E-state index in [4.69, 9.17) is 27.8 Å². The third-order valence-corrected chi connectivity index (χ3v) is 25.7. The molecule has 4 aromatic carbocycles. The molecule has 0 saturated carbocycles. The molecule has 5 atom stereocenters. The minimum atomic E-state index is -2.76. The van der Waals surface area contributed by atoms with Crippen molar-refractivity contribution in [3.8, 4) is 5.75 Å². The van der Waals surface area contributed by atoms with Gasteiger partial charge in [0.25, 0.3) is 8.32 Å². The summed E-state index contributed by atoms with van der Waals surface area (Å²) in [4.78, 5) is 15.0. The fourth-order valence-corrected chi connectivity index (χ4v) is 16.3. The van der Waals surface area contributed by atoms with Gasteiger partial charge in [0.05, 0.1) is 31.5 Å². The molecule has 1 aliphatic heterocycles. The fourth-order valence-electron chi connectivity index (χ4n) is 8.45. The van der Waals surface area contributed by atoms with Crippen LogP contribution in [0, 0.1) is 0 Å². The Morgan fingerprint density at radius 2 is 1.36 bits per heavy atom. The summed E-state index contributed by atoms with van der Waals surface area (Å²) in [5.74, 6) is -0.436. The molecule has 1 fully saturated rings. The highest BCUT2D eigenvalue weighted by molar-refractivity contribution is 7.99. The topological polar surface area (TPSA) is 72.5 Å². The molecule has 0 aliphatic carbocycles. The van der Waals surface area contributed by atoms with E-state index in [0.717, 1.165) is 16.5 Å². The van der Waals surface area contributed by atoms with Crippen LogP contribution in [0.15, 0.2) is 126 Å². The highest BCUT2D eigenvalue weighted by atomic mass is 32.2. The van der Waals surface area contributed by atoms with Gasteiger partial charge in [-0.25, -0.2) is 4.79 Å². The van der Waals surface area contributed by atoms with Gasteiger partial charge < -0.3 is 27.8 Å². The molecular formula is C55H80O7SSi3. The molecule has 0 bridgehead atoms. The Kier molecular flexibility index (Phi) is 18.3. The van der Waals surface area contributed by atoms with Crippen LogP contribution < -0.4 is 15.1 Å². The van der Waals surface area contributed by atoms with Gasteiger partial charge in [-0.3, -0.25) is 0 Å². The number of esters is 1. The van der Waals surface area contributed by atoms with Gasteiger partial charge in [-0.1, -0.05) is 152 Å². The summed E-state index contributed by atoms with van der Waals surface area (Å²) in [5, 5.41) is 2.25. The first-order valence-corrected chi connectivity index (χ1v) is 33.3. The summed E-state index contributed by atoms with van der Waals surface area (Å²) in [6, 6.07) is 38.7. The Morgan fingerprint density at radius 1 is 0.788 bits per heavy atom. The van der Waals surface area contributed by atoms with E-state index in [1.165, 1.54) is 10.4 Å². The Bertz CT molecular complexity index is 2120. The SMILES string of the molecule is COc1ccc(C(=O)OCC[Si](C)(C)C)c(C(CC[C@@H]2OC(C)(C)O[C@@H]2C(/C=C\C[C@H](C)O[Si](c2ccccc2)(c2ccccc2)C(C)(C)C)O[Si](C)(C)C(C)(C)C)Sc2ccccc2)c1. The number of carbonyl (C=O) groups is 1. The molecule has 66 heavy (non-hydrogen) atoms. The van der Waals surface area contributed by atoms with Crippen LogP contribution in [0.2, 0.25) is 48.9 Å². The van der Waals surface area contributed by atoms with Crippen LogP contribution in [-0.2, 0) is 23.1 Å². The smallest absolute Gasteiger partial charge is 0.338 e. The molecule has 1 aliphatic rings. The zero-order chi connectivity index (χ0) is 48.6. The molecule has 1 heterocycles. The molecule has 360 valence electrons. The molecule has 0 N–H and O–H groups in total. The largest absolute Gasteiger partial charge is 0.497 e. The van der Waals surface area contributed by atoms with Crippen LogP contribution in [0.4, 0.5) is 0 Å². The number of benzene rings is 4. The highest BCUT2D eigenvalue weighted by Gasteiger charge is 2.51. The van der Waals surface area contributed by atoms with Crippen LogP contribution >= 0.6 is 11.8 Å². The lowest BCUT2D eigenvalue weighted by atomic mass is 9.97. The average Bonchev–Trinajstić information content (AvgIpc) is 3.56. The van der Waals surface area contributed by atoms with Gasteiger partial charge in [0, 0.05) is 24.3 Å². The van der Waals surface area contributed by atoms with E-state index >= 15 is 0 Å². The standard InChI is InChI=1S/C55H80O7SSi3/c1-41(61-66(54(5,6)7,44-29-21-17-22-30-44)45-31-23-18-24-32-45)26-25-33-49(62-65(14,15)53(2,3)4)51-48(59-55(8,9)60-51)36-37-50(63-43-27-19-16-20-28-43)47-40-42(57-10)34-35-46(47)52(56)58-38-39-64(11,12)13/h16-25,27-35,40-41,48-51H,26,36-39H2,1-15H3/b33-25-/t41-,48-,49?,50?,51-/m0/s1. The zero-order valence-electron chi connectivity index (χ0n) is 42.7. The summed E-state index contributed by atoms with van der Waals surface area (Å²) in [5.41, 5.74) is 1.46. The van der Waals surface area contributed by atoms with Crippen molar-refractivity contribution in [2.45, 2.75) is 171 Å². The molecular weight excluding hydrogens is 889 g/mol. The number of methoxy groups -OCH3 is 1. The first kappa shape index (κ1) is 53.7. The number of rotatable bonds is 21. The first-order valence-electron chi connectivity index (χ1n) is 23.9. The molecule has 0 aromatic heterocycles. The minimum absolute atomic E-state index is 0.0346. The number of carbonyl (C=O) groups excluding carboxylic acids is 1. The van der Waals surface area contributed by atoms with Gasteiger partial charge in [-0.2, -0.15) is 0 Å². The van der Waals surface area contributed by atoms with Gasteiger partial charge in [0.15, 0.2) is 14.1 Å². The van der Waals surface area contributed by atoms with Crippen molar-refractivity contribution in [2.24, 2.45) is 0 Å². The van der Waals surface area contributed by atoms with Crippen molar-refractivity contribution in [1.29, 1.82) is 0 Å². The maximum absolute atomic E-state index is 13.9. The van der Waals surface area contributed by atoms with Gasteiger partial charge in [0.2, 0.25) is 0 Å². The van der Waals surface area contributed by atoms with E-state index in [-0.39, 0.29) is 45.7 Å². The number of ether oxygens (including phenoxy) is 4. The molecule has 5 rings (SSSR count). The Hall–Kier alpha value is -3.27. The minimum Gasteiger partial charge on any atom is -0.497 e. The van der Waals surface area contributed by atoms with E-state index in [1.807, 2.05) is 38.1 Å². The quantitative estimate of drug-likeness (QED) is 0.0354. The van der Waals surface area contributed by atoms with Crippen molar-refractivity contribution < 1.29 is 32.6 Å².